The number of aromatic nitrogens is 1. The van der Waals surface area contributed by atoms with Crippen molar-refractivity contribution in [2.75, 3.05) is 12.4 Å². The van der Waals surface area contributed by atoms with Crippen molar-refractivity contribution in [1.82, 2.24) is 4.98 Å². The molecule has 0 saturated carbocycles. The minimum atomic E-state index is 0.685. The van der Waals surface area contributed by atoms with E-state index in [1.54, 1.807) is 7.11 Å². The molecule has 2 aromatic rings. The summed E-state index contributed by atoms with van der Waals surface area (Å²) in [5, 5.41) is 3.43. The van der Waals surface area contributed by atoms with E-state index in [-0.39, 0.29) is 0 Å². The normalized spacial score (nSPS) is 10.4. The Balaban J connectivity index is 2.19. The van der Waals surface area contributed by atoms with Crippen LogP contribution in [0.1, 0.15) is 22.4 Å². The number of aryl methyl sites for hydroxylation is 2. The highest BCUT2D eigenvalue weighted by atomic mass is 79.9. The molecule has 2 rings (SSSR count). The van der Waals surface area contributed by atoms with Crippen molar-refractivity contribution in [3.05, 3.63) is 51.3 Å². The van der Waals surface area contributed by atoms with Gasteiger partial charge in [0.2, 0.25) is 0 Å². The SMILES string of the molecule is COc1c(C)cnc(CNc2ccc(Br)cc2C)c1C. The van der Waals surface area contributed by atoms with E-state index in [9.17, 15) is 0 Å². The predicted molar refractivity (Wildman–Crippen MR) is 86.5 cm³/mol. The highest BCUT2D eigenvalue weighted by molar-refractivity contribution is 9.10. The van der Waals surface area contributed by atoms with Crippen LogP contribution >= 0.6 is 15.9 Å². The first-order valence-electron chi connectivity index (χ1n) is 6.52. The lowest BCUT2D eigenvalue weighted by Gasteiger charge is -2.14. The van der Waals surface area contributed by atoms with Crippen molar-refractivity contribution in [1.29, 1.82) is 0 Å². The summed E-state index contributed by atoms with van der Waals surface area (Å²) < 4.78 is 6.52. The summed E-state index contributed by atoms with van der Waals surface area (Å²) >= 11 is 3.47. The van der Waals surface area contributed by atoms with Gasteiger partial charge < -0.3 is 10.1 Å². The molecule has 0 radical (unpaired) electrons. The molecule has 0 fully saturated rings. The average Bonchev–Trinajstić information content (AvgIpc) is 2.40. The topological polar surface area (TPSA) is 34.1 Å². The van der Waals surface area contributed by atoms with Crippen molar-refractivity contribution < 1.29 is 4.74 Å². The largest absolute Gasteiger partial charge is 0.496 e. The second-order valence-electron chi connectivity index (χ2n) is 4.86. The number of nitrogens with one attached hydrogen (secondary N) is 1. The van der Waals surface area contributed by atoms with Gasteiger partial charge in [-0.05, 0) is 44.5 Å². The number of methoxy groups -OCH3 is 1. The summed E-state index contributed by atoms with van der Waals surface area (Å²) in [6, 6.07) is 6.20. The van der Waals surface area contributed by atoms with Crippen molar-refractivity contribution >= 4 is 21.6 Å². The molecule has 1 N–H and O–H groups in total. The van der Waals surface area contributed by atoms with Gasteiger partial charge in [0.1, 0.15) is 5.75 Å². The van der Waals surface area contributed by atoms with E-state index in [4.69, 9.17) is 4.74 Å². The molecule has 20 heavy (non-hydrogen) atoms. The summed E-state index contributed by atoms with van der Waals surface area (Å²) in [7, 11) is 1.70. The predicted octanol–water partition coefficient (Wildman–Crippen LogP) is 4.39. The summed E-state index contributed by atoms with van der Waals surface area (Å²) in [5.41, 5.74) is 5.49. The van der Waals surface area contributed by atoms with E-state index in [1.165, 1.54) is 5.56 Å². The van der Waals surface area contributed by atoms with Gasteiger partial charge in [-0.15, -0.1) is 0 Å². The lowest BCUT2D eigenvalue weighted by molar-refractivity contribution is 0.407. The molecule has 0 unspecified atom stereocenters. The van der Waals surface area contributed by atoms with Gasteiger partial charge in [0, 0.05) is 27.5 Å². The number of benzene rings is 1. The molecule has 3 nitrogen and oxygen atoms in total. The summed E-state index contributed by atoms with van der Waals surface area (Å²) in [5.74, 6) is 0.921. The van der Waals surface area contributed by atoms with Crippen molar-refractivity contribution in [3.8, 4) is 5.75 Å². The molecular formula is C16H19BrN2O. The Bertz CT molecular complexity index is 626. The first-order chi connectivity index (χ1) is 9.52. The molecule has 1 heterocycles. The molecule has 1 aromatic carbocycles. The van der Waals surface area contributed by atoms with Crippen LogP contribution in [0.4, 0.5) is 5.69 Å². The Morgan fingerprint density at radius 2 is 1.95 bits per heavy atom. The van der Waals surface area contributed by atoms with Crippen molar-refractivity contribution in [2.24, 2.45) is 0 Å². The fourth-order valence-corrected chi connectivity index (χ4v) is 2.73. The molecule has 0 aliphatic carbocycles. The highest BCUT2D eigenvalue weighted by Crippen LogP contribution is 2.25. The number of hydrogen-bond acceptors (Lipinski definition) is 3. The number of halogens is 1. The second kappa shape index (κ2) is 6.27. The van der Waals surface area contributed by atoms with Gasteiger partial charge in [-0.1, -0.05) is 15.9 Å². The average molecular weight is 335 g/mol. The zero-order valence-electron chi connectivity index (χ0n) is 12.2. The maximum absolute atomic E-state index is 5.43. The van der Waals surface area contributed by atoms with Gasteiger partial charge in [0.15, 0.2) is 0 Å². The Morgan fingerprint density at radius 3 is 2.60 bits per heavy atom. The molecule has 0 amide bonds. The number of hydrogen-bond donors (Lipinski definition) is 1. The molecule has 0 aliphatic rings. The third-order valence-corrected chi connectivity index (χ3v) is 3.88. The van der Waals surface area contributed by atoms with E-state index in [0.29, 0.717) is 6.54 Å². The van der Waals surface area contributed by atoms with Gasteiger partial charge in [0.05, 0.1) is 19.3 Å². The van der Waals surface area contributed by atoms with Crippen LogP contribution in [0.5, 0.6) is 5.75 Å². The van der Waals surface area contributed by atoms with E-state index >= 15 is 0 Å². The Kier molecular flexibility index (Phi) is 4.65. The monoisotopic (exact) mass is 334 g/mol. The van der Waals surface area contributed by atoms with Gasteiger partial charge in [0.25, 0.3) is 0 Å². The Labute approximate surface area is 128 Å². The zero-order chi connectivity index (χ0) is 14.7. The molecule has 0 saturated heterocycles. The molecule has 4 heteroatoms. The molecular weight excluding hydrogens is 316 g/mol. The minimum Gasteiger partial charge on any atom is -0.496 e. The van der Waals surface area contributed by atoms with Gasteiger partial charge in [-0.25, -0.2) is 0 Å². The van der Waals surface area contributed by atoms with Crippen LogP contribution < -0.4 is 10.1 Å². The van der Waals surface area contributed by atoms with Crippen LogP contribution in [0, 0.1) is 20.8 Å². The van der Waals surface area contributed by atoms with Crippen LogP contribution in [-0.4, -0.2) is 12.1 Å². The van der Waals surface area contributed by atoms with E-state index in [1.807, 2.05) is 26.1 Å². The first kappa shape index (κ1) is 14.9. The number of anilines is 1. The second-order valence-corrected chi connectivity index (χ2v) is 5.77. The summed E-state index contributed by atoms with van der Waals surface area (Å²) in [6.07, 6.45) is 1.86. The lowest BCUT2D eigenvalue weighted by atomic mass is 10.1. The molecule has 0 spiro atoms. The van der Waals surface area contributed by atoms with Crippen molar-refractivity contribution in [3.63, 3.8) is 0 Å². The fraction of sp³-hybridized carbons (Fsp3) is 0.312. The molecule has 106 valence electrons. The van der Waals surface area contributed by atoms with Crippen LogP contribution in [-0.2, 0) is 6.54 Å². The van der Waals surface area contributed by atoms with Crippen LogP contribution in [0.15, 0.2) is 28.9 Å². The third kappa shape index (κ3) is 3.12. The first-order valence-corrected chi connectivity index (χ1v) is 7.31. The molecule has 0 aliphatic heterocycles. The maximum atomic E-state index is 5.43. The van der Waals surface area contributed by atoms with Crippen LogP contribution in [0.25, 0.3) is 0 Å². The lowest BCUT2D eigenvalue weighted by Crippen LogP contribution is -2.06. The zero-order valence-corrected chi connectivity index (χ0v) is 13.8. The fourth-order valence-electron chi connectivity index (χ4n) is 2.25. The third-order valence-electron chi connectivity index (χ3n) is 3.38. The van der Waals surface area contributed by atoms with E-state index in [2.05, 4.69) is 45.3 Å². The Hall–Kier alpha value is -1.55. The van der Waals surface area contributed by atoms with Gasteiger partial charge in [-0.2, -0.15) is 0 Å². The summed E-state index contributed by atoms with van der Waals surface area (Å²) in [6.45, 7) is 6.83. The van der Waals surface area contributed by atoms with Gasteiger partial charge >= 0.3 is 0 Å². The quantitative estimate of drug-likeness (QED) is 0.900. The molecule has 0 atom stereocenters. The molecule has 0 bridgehead atoms. The number of nitrogens with zero attached hydrogens (tertiary/aromatic N) is 1. The number of pyridine rings is 1. The van der Waals surface area contributed by atoms with Crippen LogP contribution in [0.2, 0.25) is 0 Å². The van der Waals surface area contributed by atoms with Gasteiger partial charge in [-0.3, -0.25) is 4.98 Å². The molecule has 1 aromatic heterocycles. The highest BCUT2D eigenvalue weighted by Gasteiger charge is 2.09. The number of rotatable bonds is 4. The van der Waals surface area contributed by atoms with E-state index in [0.717, 1.165) is 32.7 Å². The number of ether oxygens (including phenoxy) is 1. The standard InChI is InChI=1S/C16H19BrN2O/c1-10-7-13(17)5-6-14(10)19-9-15-12(3)16(20-4)11(2)8-18-15/h5-8,19H,9H2,1-4H3. The van der Waals surface area contributed by atoms with E-state index < -0.39 is 0 Å². The van der Waals surface area contributed by atoms with Crippen LogP contribution in [0.3, 0.4) is 0 Å². The maximum Gasteiger partial charge on any atom is 0.128 e. The minimum absolute atomic E-state index is 0.685. The summed E-state index contributed by atoms with van der Waals surface area (Å²) in [4.78, 5) is 4.50. The Morgan fingerprint density at radius 1 is 1.20 bits per heavy atom. The smallest absolute Gasteiger partial charge is 0.128 e. The van der Waals surface area contributed by atoms with Crippen molar-refractivity contribution in [2.45, 2.75) is 27.3 Å².